The number of hydrogen-bond acceptors (Lipinski definition) is 2. The SMILES string of the molecule is CC(C)N(CCCBr)CCCC1CCCO1. The summed E-state index contributed by atoms with van der Waals surface area (Å²) >= 11 is 3.50. The van der Waals surface area contributed by atoms with E-state index in [0.717, 1.165) is 11.9 Å². The minimum absolute atomic E-state index is 0.560. The molecule has 0 amide bonds. The summed E-state index contributed by atoms with van der Waals surface area (Å²) in [7, 11) is 0. The predicted octanol–water partition coefficient (Wildman–Crippen LogP) is 3.44. The summed E-state index contributed by atoms with van der Waals surface area (Å²) in [4.78, 5) is 2.58. The largest absolute Gasteiger partial charge is 0.378 e. The highest BCUT2D eigenvalue weighted by atomic mass is 79.9. The molecule has 1 saturated heterocycles. The van der Waals surface area contributed by atoms with Gasteiger partial charge in [-0.2, -0.15) is 0 Å². The van der Waals surface area contributed by atoms with Crippen LogP contribution in [-0.2, 0) is 4.74 Å². The van der Waals surface area contributed by atoms with Gasteiger partial charge in [0.15, 0.2) is 0 Å². The van der Waals surface area contributed by atoms with Gasteiger partial charge in [-0.1, -0.05) is 15.9 Å². The molecule has 0 N–H and O–H groups in total. The minimum Gasteiger partial charge on any atom is -0.378 e. The van der Waals surface area contributed by atoms with Crippen LogP contribution < -0.4 is 0 Å². The van der Waals surface area contributed by atoms with Crippen molar-refractivity contribution in [2.45, 2.75) is 58.1 Å². The van der Waals surface area contributed by atoms with Crippen LogP contribution in [0.2, 0.25) is 0 Å². The molecule has 0 spiro atoms. The first-order valence-electron chi connectivity index (χ1n) is 6.65. The third-order valence-electron chi connectivity index (χ3n) is 3.30. The van der Waals surface area contributed by atoms with Crippen LogP contribution >= 0.6 is 15.9 Å². The number of ether oxygens (including phenoxy) is 1. The molecule has 96 valence electrons. The van der Waals surface area contributed by atoms with Gasteiger partial charge in [0.1, 0.15) is 0 Å². The predicted molar refractivity (Wildman–Crippen MR) is 73.3 cm³/mol. The third-order valence-corrected chi connectivity index (χ3v) is 3.87. The van der Waals surface area contributed by atoms with E-state index in [1.54, 1.807) is 0 Å². The van der Waals surface area contributed by atoms with Crippen molar-refractivity contribution in [2.75, 3.05) is 25.0 Å². The molecule has 0 aliphatic carbocycles. The normalized spacial score (nSPS) is 21.2. The number of alkyl halides is 1. The molecule has 0 aromatic carbocycles. The van der Waals surface area contributed by atoms with Crippen molar-refractivity contribution in [2.24, 2.45) is 0 Å². The Morgan fingerprint density at radius 1 is 1.31 bits per heavy atom. The van der Waals surface area contributed by atoms with Gasteiger partial charge in [0.25, 0.3) is 0 Å². The lowest BCUT2D eigenvalue weighted by molar-refractivity contribution is 0.0969. The summed E-state index contributed by atoms with van der Waals surface area (Å²) in [5, 5.41) is 1.11. The molecule has 0 aromatic heterocycles. The fourth-order valence-corrected chi connectivity index (χ4v) is 2.54. The average molecular weight is 292 g/mol. The van der Waals surface area contributed by atoms with Gasteiger partial charge in [0, 0.05) is 18.0 Å². The molecule has 1 aliphatic heterocycles. The topological polar surface area (TPSA) is 12.5 Å². The fraction of sp³-hybridized carbons (Fsp3) is 1.00. The lowest BCUT2D eigenvalue weighted by Crippen LogP contribution is -2.33. The molecule has 0 radical (unpaired) electrons. The van der Waals surface area contributed by atoms with E-state index in [1.807, 2.05) is 0 Å². The summed E-state index contributed by atoms with van der Waals surface area (Å²) in [6.45, 7) is 8.02. The van der Waals surface area contributed by atoms with Crippen LogP contribution in [0, 0.1) is 0 Å². The van der Waals surface area contributed by atoms with Crippen LogP contribution in [-0.4, -0.2) is 42.1 Å². The molecular formula is C13H26BrNO. The van der Waals surface area contributed by atoms with Gasteiger partial charge in [0.2, 0.25) is 0 Å². The van der Waals surface area contributed by atoms with E-state index >= 15 is 0 Å². The lowest BCUT2D eigenvalue weighted by Gasteiger charge is -2.26. The van der Waals surface area contributed by atoms with Crippen molar-refractivity contribution >= 4 is 15.9 Å². The van der Waals surface area contributed by atoms with Crippen molar-refractivity contribution in [3.8, 4) is 0 Å². The Hall–Kier alpha value is 0.400. The first kappa shape index (κ1) is 14.5. The maximum Gasteiger partial charge on any atom is 0.0576 e. The van der Waals surface area contributed by atoms with Crippen LogP contribution in [0.5, 0.6) is 0 Å². The fourth-order valence-electron chi connectivity index (χ4n) is 2.29. The zero-order valence-electron chi connectivity index (χ0n) is 10.8. The molecule has 1 fully saturated rings. The van der Waals surface area contributed by atoms with Crippen LogP contribution in [0.4, 0.5) is 0 Å². The summed E-state index contributed by atoms with van der Waals surface area (Å²) in [5.41, 5.74) is 0. The summed E-state index contributed by atoms with van der Waals surface area (Å²) in [6.07, 6.45) is 6.89. The highest BCUT2D eigenvalue weighted by Crippen LogP contribution is 2.17. The monoisotopic (exact) mass is 291 g/mol. The number of rotatable bonds is 8. The first-order chi connectivity index (χ1) is 7.74. The Kier molecular flexibility index (Phi) is 7.67. The maximum atomic E-state index is 5.65. The van der Waals surface area contributed by atoms with E-state index in [-0.39, 0.29) is 0 Å². The van der Waals surface area contributed by atoms with Crippen LogP contribution in [0.15, 0.2) is 0 Å². The highest BCUT2D eigenvalue weighted by molar-refractivity contribution is 9.09. The van der Waals surface area contributed by atoms with Crippen LogP contribution in [0.1, 0.15) is 46.0 Å². The number of hydrogen-bond donors (Lipinski definition) is 0. The molecular weight excluding hydrogens is 266 g/mol. The van der Waals surface area contributed by atoms with Crippen molar-refractivity contribution in [3.05, 3.63) is 0 Å². The minimum atomic E-state index is 0.560. The molecule has 1 heterocycles. The van der Waals surface area contributed by atoms with Gasteiger partial charge in [-0.25, -0.2) is 0 Å². The zero-order valence-corrected chi connectivity index (χ0v) is 12.3. The van der Waals surface area contributed by atoms with Gasteiger partial charge in [0.05, 0.1) is 6.10 Å². The first-order valence-corrected chi connectivity index (χ1v) is 7.77. The standard InChI is InChI=1S/C13H26BrNO/c1-12(2)15(10-5-8-14)9-3-6-13-7-4-11-16-13/h12-13H,3-11H2,1-2H3. The average Bonchev–Trinajstić information content (AvgIpc) is 2.75. The van der Waals surface area contributed by atoms with E-state index < -0.39 is 0 Å². The lowest BCUT2D eigenvalue weighted by atomic mass is 10.1. The van der Waals surface area contributed by atoms with Gasteiger partial charge < -0.3 is 9.64 Å². The molecule has 2 nitrogen and oxygen atoms in total. The summed E-state index contributed by atoms with van der Waals surface area (Å²) < 4.78 is 5.65. The zero-order chi connectivity index (χ0) is 11.8. The number of nitrogens with zero attached hydrogens (tertiary/aromatic N) is 1. The Balaban J connectivity index is 2.10. The van der Waals surface area contributed by atoms with E-state index in [9.17, 15) is 0 Å². The van der Waals surface area contributed by atoms with Crippen molar-refractivity contribution in [1.29, 1.82) is 0 Å². The van der Waals surface area contributed by atoms with E-state index in [2.05, 4.69) is 34.7 Å². The van der Waals surface area contributed by atoms with Gasteiger partial charge >= 0.3 is 0 Å². The quantitative estimate of drug-likeness (QED) is 0.635. The van der Waals surface area contributed by atoms with Crippen molar-refractivity contribution in [3.63, 3.8) is 0 Å². The second-order valence-corrected chi connectivity index (χ2v) is 5.74. The van der Waals surface area contributed by atoms with Crippen LogP contribution in [0.25, 0.3) is 0 Å². The highest BCUT2D eigenvalue weighted by Gasteiger charge is 2.16. The Morgan fingerprint density at radius 2 is 2.06 bits per heavy atom. The summed E-state index contributed by atoms with van der Waals surface area (Å²) in [5.74, 6) is 0. The molecule has 1 rings (SSSR count). The van der Waals surface area contributed by atoms with Crippen molar-refractivity contribution in [1.82, 2.24) is 4.90 Å². The number of halogens is 1. The van der Waals surface area contributed by atoms with Crippen LogP contribution in [0.3, 0.4) is 0 Å². The van der Waals surface area contributed by atoms with E-state index in [0.29, 0.717) is 12.1 Å². The van der Waals surface area contributed by atoms with Gasteiger partial charge in [-0.05, 0) is 59.0 Å². The molecule has 0 bridgehead atoms. The smallest absolute Gasteiger partial charge is 0.0576 e. The van der Waals surface area contributed by atoms with E-state index in [4.69, 9.17) is 4.74 Å². The molecule has 0 saturated carbocycles. The molecule has 1 unspecified atom stereocenters. The summed E-state index contributed by atoms with van der Waals surface area (Å²) in [6, 6.07) is 0.670. The molecule has 1 atom stereocenters. The molecule has 0 aromatic rings. The van der Waals surface area contributed by atoms with E-state index in [1.165, 1.54) is 45.2 Å². The maximum absolute atomic E-state index is 5.65. The second kappa shape index (κ2) is 8.48. The molecule has 1 aliphatic rings. The van der Waals surface area contributed by atoms with Gasteiger partial charge in [-0.3, -0.25) is 0 Å². The Bertz CT molecular complexity index is 169. The third kappa shape index (κ3) is 5.65. The van der Waals surface area contributed by atoms with Gasteiger partial charge in [-0.15, -0.1) is 0 Å². The molecule has 16 heavy (non-hydrogen) atoms. The molecule has 3 heteroatoms. The van der Waals surface area contributed by atoms with Crippen molar-refractivity contribution < 1.29 is 4.74 Å². The Labute approximate surface area is 109 Å². The Morgan fingerprint density at radius 3 is 2.62 bits per heavy atom. The second-order valence-electron chi connectivity index (χ2n) is 4.95.